The maximum atomic E-state index is 9.97. The Morgan fingerprint density at radius 1 is 1.33 bits per heavy atom. The highest BCUT2D eigenvalue weighted by Crippen LogP contribution is 2.35. The SMILES string of the molecule is CC(O)c1cc(Br)ccc1N1CCCC1C(C)C. The van der Waals surface area contributed by atoms with Gasteiger partial charge in [-0.1, -0.05) is 29.8 Å². The van der Waals surface area contributed by atoms with Gasteiger partial charge < -0.3 is 10.0 Å². The maximum absolute atomic E-state index is 9.97. The molecule has 1 heterocycles. The highest BCUT2D eigenvalue weighted by Gasteiger charge is 2.29. The quantitative estimate of drug-likeness (QED) is 0.907. The Labute approximate surface area is 118 Å². The van der Waals surface area contributed by atoms with Gasteiger partial charge >= 0.3 is 0 Å². The molecule has 2 unspecified atom stereocenters. The lowest BCUT2D eigenvalue weighted by molar-refractivity contribution is 0.199. The molecule has 2 nitrogen and oxygen atoms in total. The van der Waals surface area contributed by atoms with Gasteiger partial charge in [0, 0.05) is 28.3 Å². The van der Waals surface area contributed by atoms with Gasteiger partial charge in [0.25, 0.3) is 0 Å². The van der Waals surface area contributed by atoms with Crippen molar-refractivity contribution in [2.24, 2.45) is 5.92 Å². The van der Waals surface area contributed by atoms with Crippen molar-refractivity contribution in [3.05, 3.63) is 28.2 Å². The number of benzene rings is 1. The van der Waals surface area contributed by atoms with Gasteiger partial charge in [0.1, 0.15) is 0 Å². The largest absolute Gasteiger partial charge is 0.389 e. The molecule has 0 saturated carbocycles. The van der Waals surface area contributed by atoms with Gasteiger partial charge in [0.2, 0.25) is 0 Å². The van der Waals surface area contributed by atoms with Gasteiger partial charge in [0.15, 0.2) is 0 Å². The monoisotopic (exact) mass is 311 g/mol. The Morgan fingerprint density at radius 3 is 2.67 bits per heavy atom. The van der Waals surface area contributed by atoms with Crippen LogP contribution in [0.25, 0.3) is 0 Å². The third kappa shape index (κ3) is 2.72. The average Bonchev–Trinajstić information content (AvgIpc) is 2.77. The fourth-order valence-electron chi connectivity index (χ4n) is 2.91. The van der Waals surface area contributed by atoms with Crippen LogP contribution in [-0.2, 0) is 0 Å². The third-order valence-corrected chi connectivity index (χ3v) is 4.31. The number of hydrogen-bond acceptors (Lipinski definition) is 2. The topological polar surface area (TPSA) is 23.5 Å². The predicted octanol–water partition coefficient (Wildman–Crippen LogP) is 4.13. The Hall–Kier alpha value is -0.540. The number of hydrogen-bond donors (Lipinski definition) is 1. The summed E-state index contributed by atoms with van der Waals surface area (Å²) >= 11 is 3.49. The number of halogens is 1. The minimum Gasteiger partial charge on any atom is -0.389 e. The number of aliphatic hydroxyl groups is 1. The average molecular weight is 312 g/mol. The van der Waals surface area contributed by atoms with Crippen LogP contribution < -0.4 is 4.90 Å². The van der Waals surface area contributed by atoms with E-state index in [0.29, 0.717) is 12.0 Å². The standard InChI is InChI=1S/C15H22BrNO/c1-10(2)14-5-4-8-17(14)15-7-6-12(16)9-13(15)11(3)18/h6-7,9-11,14,18H,4-5,8H2,1-3H3. The molecule has 1 N–H and O–H groups in total. The van der Waals surface area contributed by atoms with E-state index >= 15 is 0 Å². The molecule has 1 aromatic rings. The van der Waals surface area contributed by atoms with Crippen LogP contribution in [0.2, 0.25) is 0 Å². The number of aliphatic hydroxyl groups excluding tert-OH is 1. The summed E-state index contributed by atoms with van der Waals surface area (Å²) in [7, 11) is 0. The van der Waals surface area contributed by atoms with E-state index in [1.54, 1.807) is 0 Å². The predicted molar refractivity (Wildman–Crippen MR) is 80.0 cm³/mol. The molecule has 1 fully saturated rings. The first kappa shape index (κ1) is 13.9. The molecule has 2 rings (SSSR count). The summed E-state index contributed by atoms with van der Waals surface area (Å²) in [6.07, 6.45) is 2.08. The van der Waals surface area contributed by atoms with Gasteiger partial charge in [-0.05, 0) is 43.9 Å². The van der Waals surface area contributed by atoms with Gasteiger partial charge in [-0.2, -0.15) is 0 Å². The lowest BCUT2D eigenvalue weighted by atomic mass is 10.00. The van der Waals surface area contributed by atoms with Crippen molar-refractivity contribution >= 4 is 21.6 Å². The molecule has 0 radical (unpaired) electrons. The molecule has 0 amide bonds. The maximum Gasteiger partial charge on any atom is 0.0782 e. The molecular formula is C15H22BrNO. The molecule has 2 atom stereocenters. The molecule has 1 aliphatic heterocycles. The van der Waals surface area contributed by atoms with Crippen molar-refractivity contribution in [1.82, 2.24) is 0 Å². The molecule has 1 saturated heterocycles. The van der Waals surface area contributed by atoms with Gasteiger partial charge in [-0.15, -0.1) is 0 Å². The Morgan fingerprint density at radius 2 is 2.06 bits per heavy atom. The molecule has 0 spiro atoms. The van der Waals surface area contributed by atoms with Crippen molar-refractivity contribution in [2.75, 3.05) is 11.4 Å². The smallest absolute Gasteiger partial charge is 0.0782 e. The summed E-state index contributed by atoms with van der Waals surface area (Å²) in [5.74, 6) is 0.651. The Kier molecular flexibility index (Phi) is 4.33. The van der Waals surface area contributed by atoms with Crippen molar-refractivity contribution in [3.8, 4) is 0 Å². The Bertz CT molecular complexity index is 417. The zero-order chi connectivity index (χ0) is 13.3. The summed E-state index contributed by atoms with van der Waals surface area (Å²) in [5.41, 5.74) is 2.22. The number of anilines is 1. The zero-order valence-electron chi connectivity index (χ0n) is 11.4. The summed E-state index contributed by atoms with van der Waals surface area (Å²) in [5, 5.41) is 9.97. The summed E-state index contributed by atoms with van der Waals surface area (Å²) in [6.45, 7) is 7.50. The van der Waals surface area contributed by atoms with Crippen LogP contribution in [0.5, 0.6) is 0 Å². The first-order chi connectivity index (χ1) is 8.50. The van der Waals surface area contributed by atoms with Crippen molar-refractivity contribution in [3.63, 3.8) is 0 Å². The van der Waals surface area contributed by atoms with E-state index in [4.69, 9.17) is 0 Å². The number of rotatable bonds is 3. The molecule has 100 valence electrons. The molecule has 0 aliphatic carbocycles. The van der Waals surface area contributed by atoms with Crippen LogP contribution in [0.3, 0.4) is 0 Å². The van der Waals surface area contributed by atoms with Crippen molar-refractivity contribution in [1.29, 1.82) is 0 Å². The zero-order valence-corrected chi connectivity index (χ0v) is 12.9. The highest BCUT2D eigenvalue weighted by molar-refractivity contribution is 9.10. The molecule has 1 aliphatic rings. The lowest BCUT2D eigenvalue weighted by Crippen LogP contribution is -2.34. The normalized spacial score (nSPS) is 21.7. The second kappa shape index (κ2) is 5.62. The van der Waals surface area contributed by atoms with E-state index in [1.165, 1.54) is 18.5 Å². The van der Waals surface area contributed by atoms with E-state index in [9.17, 15) is 5.11 Å². The van der Waals surface area contributed by atoms with E-state index in [2.05, 4.69) is 46.8 Å². The van der Waals surface area contributed by atoms with Gasteiger partial charge in [-0.25, -0.2) is 0 Å². The van der Waals surface area contributed by atoms with Crippen LogP contribution >= 0.6 is 15.9 Å². The minimum absolute atomic E-state index is 0.425. The Balaban J connectivity index is 2.38. The van der Waals surface area contributed by atoms with Crippen LogP contribution in [-0.4, -0.2) is 17.7 Å². The molecule has 18 heavy (non-hydrogen) atoms. The molecule has 0 aromatic heterocycles. The van der Waals surface area contributed by atoms with Crippen LogP contribution in [0.15, 0.2) is 22.7 Å². The van der Waals surface area contributed by atoms with Gasteiger partial charge in [0.05, 0.1) is 6.10 Å². The first-order valence-corrected chi connectivity index (χ1v) is 7.54. The van der Waals surface area contributed by atoms with Crippen LogP contribution in [0, 0.1) is 5.92 Å². The first-order valence-electron chi connectivity index (χ1n) is 6.75. The van der Waals surface area contributed by atoms with Crippen molar-refractivity contribution in [2.45, 2.75) is 45.8 Å². The third-order valence-electron chi connectivity index (χ3n) is 3.82. The fraction of sp³-hybridized carbons (Fsp3) is 0.600. The van der Waals surface area contributed by atoms with E-state index < -0.39 is 6.10 Å². The molecule has 0 bridgehead atoms. The minimum atomic E-state index is -0.425. The molecule has 3 heteroatoms. The van der Waals surface area contributed by atoms with E-state index in [1.807, 2.05) is 13.0 Å². The number of nitrogens with zero attached hydrogens (tertiary/aromatic N) is 1. The van der Waals surface area contributed by atoms with Crippen LogP contribution in [0.1, 0.15) is 45.3 Å². The summed E-state index contributed by atoms with van der Waals surface area (Å²) in [4.78, 5) is 2.47. The van der Waals surface area contributed by atoms with Gasteiger partial charge in [-0.3, -0.25) is 0 Å². The molecular weight excluding hydrogens is 290 g/mol. The lowest BCUT2D eigenvalue weighted by Gasteiger charge is -2.32. The van der Waals surface area contributed by atoms with E-state index in [0.717, 1.165) is 16.6 Å². The highest BCUT2D eigenvalue weighted by atomic mass is 79.9. The molecule has 1 aromatic carbocycles. The summed E-state index contributed by atoms with van der Waals surface area (Å²) in [6, 6.07) is 6.84. The summed E-state index contributed by atoms with van der Waals surface area (Å²) < 4.78 is 1.03. The fourth-order valence-corrected chi connectivity index (χ4v) is 3.29. The van der Waals surface area contributed by atoms with Crippen LogP contribution in [0.4, 0.5) is 5.69 Å². The second-order valence-corrected chi connectivity index (χ2v) is 6.44. The van der Waals surface area contributed by atoms with E-state index in [-0.39, 0.29) is 0 Å². The van der Waals surface area contributed by atoms with Crippen molar-refractivity contribution < 1.29 is 5.11 Å². The second-order valence-electron chi connectivity index (χ2n) is 5.53.